The monoisotopic (exact) mass is 312 g/mol. The molecule has 0 saturated carbocycles. The van der Waals surface area contributed by atoms with E-state index in [2.05, 4.69) is 6.08 Å². The molecule has 2 aliphatic rings. The Kier molecular flexibility index (Phi) is 4.51. The molecule has 1 aromatic rings. The Labute approximate surface area is 135 Å². The van der Waals surface area contributed by atoms with Crippen molar-refractivity contribution in [3.8, 4) is 5.75 Å². The molecule has 1 aliphatic carbocycles. The highest BCUT2D eigenvalue weighted by Crippen LogP contribution is 2.23. The zero-order valence-corrected chi connectivity index (χ0v) is 13.4. The number of rotatable bonds is 5. The van der Waals surface area contributed by atoms with Gasteiger partial charge in [0.15, 0.2) is 0 Å². The average Bonchev–Trinajstić information content (AvgIpc) is 2.59. The Balaban J connectivity index is 2.05. The van der Waals surface area contributed by atoms with E-state index in [-0.39, 0.29) is 12.1 Å². The van der Waals surface area contributed by atoms with E-state index >= 15 is 0 Å². The van der Waals surface area contributed by atoms with Gasteiger partial charge in [0.1, 0.15) is 17.6 Å². The standard InChI is InChI=1S/C19H20O4/c1-3-22-19(20)11-10-18-16-12-13(21-2)8-9-14(16)15-6-4-5-7-17(15)23-18/h4-9,12,17H,3,10-11H2,1-2H3. The van der Waals surface area contributed by atoms with Gasteiger partial charge in [-0.2, -0.15) is 0 Å². The van der Waals surface area contributed by atoms with E-state index in [9.17, 15) is 4.79 Å². The predicted molar refractivity (Wildman–Crippen MR) is 88.1 cm³/mol. The molecule has 0 radical (unpaired) electrons. The Morgan fingerprint density at radius 1 is 1.26 bits per heavy atom. The largest absolute Gasteiger partial charge is 0.497 e. The van der Waals surface area contributed by atoms with Crippen molar-refractivity contribution < 1.29 is 19.0 Å². The number of allylic oxidation sites excluding steroid dienone is 2. The number of carbonyl (C=O) groups is 1. The number of hydrogen-bond acceptors (Lipinski definition) is 4. The van der Waals surface area contributed by atoms with Crippen LogP contribution in [0.15, 0.2) is 42.5 Å². The SMILES string of the molecule is CCOC(=O)CCC1=c2cc(OC)ccc2=C2C=CC=CC2O1. The van der Waals surface area contributed by atoms with E-state index < -0.39 is 0 Å². The lowest BCUT2D eigenvalue weighted by Crippen LogP contribution is -2.38. The van der Waals surface area contributed by atoms with Crippen LogP contribution in [0.1, 0.15) is 19.8 Å². The molecule has 0 aromatic heterocycles. The number of esters is 1. The number of methoxy groups -OCH3 is 1. The first kappa shape index (κ1) is 15.4. The van der Waals surface area contributed by atoms with E-state index in [0.717, 1.165) is 27.5 Å². The van der Waals surface area contributed by atoms with Gasteiger partial charge in [-0.15, -0.1) is 0 Å². The van der Waals surface area contributed by atoms with Crippen LogP contribution in [0, 0.1) is 0 Å². The zero-order valence-electron chi connectivity index (χ0n) is 13.4. The first-order valence-electron chi connectivity index (χ1n) is 7.81. The summed E-state index contributed by atoms with van der Waals surface area (Å²) in [5.41, 5.74) is 1.13. The molecule has 120 valence electrons. The van der Waals surface area contributed by atoms with Gasteiger partial charge in [0.05, 0.1) is 20.1 Å². The van der Waals surface area contributed by atoms with E-state index in [1.165, 1.54) is 0 Å². The maximum atomic E-state index is 11.7. The second-order valence-corrected chi connectivity index (χ2v) is 5.38. The molecule has 0 amide bonds. The molecule has 23 heavy (non-hydrogen) atoms. The normalized spacial score (nSPS) is 18.1. The molecule has 1 heterocycles. The molecule has 0 fully saturated rings. The highest BCUT2D eigenvalue weighted by atomic mass is 16.5. The lowest BCUT2D eigenvalue weighted by molar-refractivity contribution is -0.143. The van der Waals surface area contributed by atoms with Crippen LogP contribution < -0.4 is 15.2 Å². The lowest BCUT2D eigenvalue weighted by atomic mass is 9.97. The quantitative estimate of drug-likeness (QED) is 0.778. The van der Waals surface area contributed by atoms with Crippen LogP contribution >= 0.6 is 0 Å². The van der Waals surface area contributed by atoms with Gasteiger partial charge in [0.2, 0.25) is 0 Å². The molecule has 4 heteroatoms. The molecule has 0 saturated heterocycles. The molecule has 1 aromatic carbocycles. The summed E-state index contributed by atoms with van der Waals surface area (Å²) in [6, 6.07) is 5.96. The van der Waals surface area contributed by atoms with E-state index in [1.807, 2.05) is 43.4 Å². The minimum Gasteiger partial charge on any atom is -0.497 e. The summed E-state index contributed by atoms with van der Waals surface area (Å²) in [5.74, 6) is 1.37. The number of benzene rings is 1. The molecular formula is C19H20O4. The van der Waals surface area contributed by atoms with Crippen LogP contribution in [0.2, 0.25) is 0 Å². The smallest absolute Gasteiger partial charge is 0.306 e. The van der Waals surface area contributed by atoms with Gasteiger partial charge >= 0.3 is 5.97 Å². The van der Waals surface area contributed by atoms with Crippen molar-refractivity contribution in [3.63, 3.8) is 0 Å². The van der Waals surface area contributed by atoms with Crippen LogP contribution in [0.5, 0.6) is 5.75 Å². The fraction of sp³-hybridized carbons (Fsp3) is 0.316. The number of hydrogen-bond donors (Lipinski definition) is 0. The summed E-state index contributed by atoms with van der Waals surface area (Å²) in [6.45, 7) is 2.20. The lowest BCUT2D eigenvalue weighted by Gasteiger charge is -2.25. The minimum absolute atomic E-state index is 0.0990. The van der Waals surface area contributed by atoms with Crippen molar-refractivity contribution in [2.45, 2.75) is 25.9 Å². The third-order valence-electron chi connectivity index (χ3n) is 3.95. The number of fused-ring (bicyclic) bond motifs is 2. The van der Waals surface area contributed by atoms with Crippen molar-refractivity contribution in [2.24, 2.45) is 0 Å². The Hall–Kier alpha value is -2.49. The Morgan fingerprint density at radius 2 is 2.13 bits per heavy atom. The molecule has 0 bridgehead atoms. The number of ether oxygens (including phenoxy) is 3. The summed E-state index contributed by atoms with van der Waals surface area (Å²) in [6.07, 6.45) is 8.80. The second-order valence-electron chi connectivity index (χ2n) is 5.38. The first-order chi connectivity index (χ1) is 11.2. The molecule has 3 rings (SSSR count). The maximum Gasteiger partial charge on any atom is 0.306 e. The molecular weight excluding hydrogens is 292 g/mol. The van der Waals surface area contributed by atoms with E-state index in [1.54, 1.807) is 7.11 Å². The van der Waals surface area contributed by atoms with E-state index in [0.29, 0.717) is 19.4 Å². The van der Waals surface area contributed by atoms with Crippen molar-refractivity contribution in [1.29, 1.82) is 0 Å². The summed E-state index contributed by atoms with van der Waals surface area (Å²) in [4.78, 5) is 11.7. The van der Waals surface area contributed by atoms with Crippen molar-refractivity contribution >= 4 is 17.3 Å². The fourth-order valence-corrected chi connectivity index (χ4v) is 2.86. The Morgan fingerprint density at radius 3 is 2.91 bits per heavy atom. The average molecular weight is 312 g/mol. The fourth-order valence-electron chi connectivity index (χ4n) is 2.86. The van der Waals surface area contributed by atoms with Gasteiger partial charge in [-0.3, -0.25) is 4.79 Å². The molecule has 4 nitrogen and oxygen atoms in total. The van der Waals surface area contributed by atoms with Crippen LogP contribution in [-0.4, -0.2) is 25.8 Å². The molecule has 0 spiro atoms. The van der Waals surface area contributed by atoms with Crippen LogP contribution in [0.3, 0.4) is 0 Å². The Bertz CT molecular complexity index is 786. The van der Waals surface area contributed by atoms with E-state index in [4.69, 9.17) is 14.2 Å². The van der Waals surface area contributed by atoms with Crippen molar-refractivity contribution in [1.82, 2.24) is 0 Å². The van der Waals surface area contributed by atoms with Gasteiger partial charge < -0.3 is 14.2 Å². The van der Waals surface area contributed by atoms with Gasteiger partial charge in [-0.05, 0) is 30.4 Å². The molecule has 1 unspecified atom stereocenters. The molecule has 1 atom stereocenters. The van der Waals surface area contributed by atoms with Crippen molar-refractivity contribution in [3.05, 3.63) is 52.9 Å². The van der Waals surface area contributed by atoms with Gasteiger partial charge in [-0.1, -0.05) is 24.3 Å². The third-order valence-corrected chi connectivity index (χ3v) is 3.95. The molecule has 1 aliphatic heterocycles. The zero-order chi connectivity index (χ0) is 16.2. The third kappa shape index (κ3) is 3.16. The minimum atomic E-state index is -0.207. The molecule has 0 N–H and O–H groups in total. The van der Waals surface area contributed by atoms with Gasteiger partial charge in [-0.25, -0.2) is 0 Å². The van der Waals surface area contributed by atoms with Crippen LogP contribution in [0.4, 0.5) is 0 Å². The summed E-state index contributed by atoms with van der Waals surface area (Å²) < 4.78 is 16.5. The first-order valence-corrected chi connectivity index (χ1v) is 7.81. The number of carbonyl (C=O) groups excluding carboxylic acids is 1. The highest BCUT2D eigenvalue weighted by Gasteiger charge is 2.21. The van der Waals surface area contributed by atoms with Crippen LogP contribution in [0.25, 0.3) is 11.3 Å². The topological polar surface area (TPSA) is 44.8 Å². The van der Waals surface area contributed by atoms with Gasteiger partial charge in [0, 0.05) is 17.2 Å². The van der Waals surface area contributed by atoms with Crippen LogP contribution in [-0.2, 0) is 14.3 Å². The predicted octanol–water partition coefficient (Wildman–Crippen LogP) is 1.82. The van der Waals surface area contributed by atoms with Crippen molar-refractivity contribution in [2.75, 3.05) is 13.7 Å². The summed E-state index contributed by atoms with van der Waals surface area (Å²) in [5, 5.41) is 2.11. The second kappa shape index (κ2) is 6.73. The summed E-state index contributed by atoms with van der Waals surface area (Å²) in [7, 11) is 1.64. The highest BCUT2D eigenvalue weighted by molar-refractivity contribution is 5.72. The summed E-state index contributed by atoms with van der Waals surface area (Å²) >= 11 is 0. The van der Waals surface area contributed by atoms with Gasteiger partial charge in [0.25, 0.3) is 0 Å². The maximum absolute atomic E-state index is 11.7.